The highest BCUT2D eigenvalue weighted by atomic mass is 16.5. The number of aliphatic hydroxyl groups is 1. The zero-order valence-electron chi connectivity index (χ0n) is 10.5. The van der Waals surface area contributed by atoms with Crippen molar-refractivity contribution in [2.45, 2.75) is 6.10 Å². The number of hydrogen-bond donors (Lipinski definition) is 1. The van der Waals surface area contributed by atoms with Crippen molar-refractivity contribution in [2.75, 3.05) is 14.2 Å². The molecule has 0 fully saturated rings. The summed E-state index contributed by atoms with van der Waals surface area (Å²) in [5.41, 5.74) is 0.889. The van der Waals surface area contributed by atoms with Crippen LogP contribution in [0.2, 0.25) is 0 Å². The number of carbonyl (C=O) groups excluding carboxylic acids is 1. The topological polar surface area (TPSA) is 40.8 Å². The van der Waals surface area contributed by atoms with Gasteiger partial charge in [-0.15, -0.1) is 0 Å². The van der Waals surface area contributed by atoms with Crippen molar-refractivity contribution in [2.24, 2.45) is 5.92 Å². The number of methoxy groups -OCH3 is 1. The molecular weight excluding hydrogens is 228 g/mol. The molecule has 0 aliphatic heterocycles. The molecule has 18 heavy (non-hydrogen) atoms. The van der Waals surface area contributed by atoms with Crippen LogP contribution in [0.5, 0.6) is 0 Å². The fraction of sp³-hybridized carbons (Fsp3) is 0.267. The zero-order valence-corrected chi connectivity index (χ0v) is 10.5. The first-order valence-electron chi connectivity index (χ1n) is 5.84. The van der Waals surface area contributed by atoms with Gasteiger partial charge < -0.3 is 9.84 Å². The van der Waals surface area contributed by atoms with Crippen LogP contribution >= 0.6 is 0 Å². The standard InChI is InChI=1S/C15H17O3/c1-17-13-9-8-12(10-14(13)18-2)15(16)11-6-4-3-5-7-11/h3-10,12,15-16H,1-2H3/q+1/t12?,15-/m1/s1. The number of ether oxygens (including phenoxy) is 1. The van der Waals surface area contributed by atoms with Gasteiger partial charge >= 0.3 is 5.78 Å². The van der Waals surface area contributed by atoms with E-state index in [4.69, 9.17) is 9.16 Å². The van der Waals surface area contributed by atoms with Gasteiger partial charge in [0.25, 0.3) is 7.11 Å². The summed E-state index contributed by atoms with van der Waals surface area (Å²) < 4.78 is 10.4. The van der Waals surface area contributed by atoms with Gasteiger partial charge in [0.05, 0.1) is 13.2 Å². The van der Waals surface area contributed by atoms with Gasteiger partial charge in [0.2, 0.25) is 5.76 Å². The average molecular weight is 245 g/mol. The van der Waals surface area contributed by atoms with Crippen molar-refractivity contribution in [3.8, 4) is 0 Å². The third kappa shape index (κ3) is 2.51. The normalized spacial score (nSPS) is 22.7. The highest BCUT2D eigenvalue weighted by molar-refractivity contribution is 6.03. The van der Waals surface area contributed by atoms with Crippen LogP contribution in [-0.2, 0) is 9.16 Å². The van der Waals surface area contributed by atoms with Crippen LogP contribution in [0.25, 0.3) is 0 Å². The minimum atomic E-state index is -0.578. The Labute approximate surface area is 107 Å². The van der Waals surface area contributed by atoms with E-state index < -0.39 is 6.10 Å². The molecule has 1 aliphatic rings. The second-order valence-electron chi connectivity index (χ2n) is 4.10. The quantitative estimate of drug-likeness (QED) is 0.829. The van der Waals surface area contributed by atoms with Crippen molar-refractivity contribution < 1.29 is 14.3 Å². The van der Waals surface area contributed by atoms with E-state index in [1.165, 1.54) is 0 Å². The van der Waals surface area contributed by atoms with Gasteiger partial charge in [0, 0.05) is 12.0 Å². The van der Waals surface area contributed by atoms with E-state index in [0.29, 0.717) is 11.5 Å². The van der Waals surface area contributed by atoms with Gasteiger partial charge in [-0.1, -0.05) is 36.4 Å². The maximum Gasteiger partial charge on any atom is 0.383 e. The number of hydrogen-bond acceptors (Lipinski definition) is 2. The Morgan fingerprint density at radius 3 is 2.61 bits per heavy atom. The second-order valence-corrected chi connectivity index (χ2v) is 4.10. The van der Waals surface area contributed by atoms with E-state index >= 15 is 0 Å². The lowest BCUT2D eigenvalue weighted by atomic mass is 9.91. The lowest BCUT2D eigenvalue weighted by Gasteiger charge is -2.19. The average Bonchev–Trinajstić information content (AvgIpc) is 2.46. The number of rotatable bonds is 3. The SMILES string of the molecule is COC1=CC([C@H](O)c2ccccc2)C=CC1=[O+]C. The molecule has 0 saturated carbocycles. The van der Waals surface area contributed by atoms with Crippen LogP contribution in [0, 0.1) is 5.92 Å². The molecule has 1 aromatic rings. The fourth-order valence-electron chi connectivity index (χ4n) is 2.00. The first-order chi connectivity index (χ1) is 8.76. The van der Waals surface area contributed by atoms with E-state index in [2.05, 4.69) is 0 Å². The number of aliphatic hydroxyl groups excluding tert-OH is 1. The van der Waals surface area contributed by atoms with E-state index in [0.717, 1.165) is 5.56 Å². The number of ketones is 1. The molecule has 2 rings (SSSR count). The van der Waals surface area contributed by atoms with Crippen LogP contribution in [0.15, 0.2) is 54.3 Å². The lowest BCUT2D eigenvalue weighted by Crippen LogP contribution is -2.16. The molecule has 0 bridgehead atoms. The van der Waals surface area contributed by atoms with Crippen LogP contribution in [-0.4, -0.2) is 25.1 Å². The Kier molecular flexibility index (Phi) is 3.95. The van der Waals surface area contributed by atoms with Gasteiger partial charge in [-0.05, 0) is 11.6 Å². The zero-order chi connectivity index (χ0) is 13.0. The molecule has 94 valence electrons. The highest BCUT2D eigenvalue weighted by Crippen LogP contribution is 2.28. The summed E-state index contributed by atoms with van der Waals surface area (Å²) in [6.45, 7) is 0. The Morgan fingerprint density at radius 2 is 2.00 bits per heavy atom. The molecule has 1 N–H and O–H groups in total. The Balaban J connectivity index is 2.23. The monoisotopic (exact) mass is 245 g/mol. The fourth-order valence-corrected chi connectivity index (χ4v) is 2.00. The summed E-state index contributed by atoms with van der Waals surface area (Å²) in [5, 5.41) is 10.3. The Hall–Kier alpha value is -1.87. The highest BCUT2D eigenvalue weighted by Gasteiger charge is 2.26. The minimum absolute atomic E-state index is 0.110. The van der Waals surface area contributed by atoms with Gasteiger partial charge in [0.1, 0.15) is 0 Å². The van der Waals surface area contributed by atoms with Crippen molar-refractivity contribution in [3.05, 3.63) is 59.9 Å². The smallest absolute Gasteiger partial charge is 0.383 e. The van der Waals surface area contributed by atoms with Crippen molar-refractivity contribution in [1.82, 2.24) is 0 Å². The molecule has 0 amide bonds. The summed E-state index contributed by atoms with van der Waals surface area (Å²) in [6, 6.07) is 9.58. The molecule has 3 heteroatoms. The van der Waals surface area contributed by atoms with Gasteiger partial charge in [-0.3, -0.25) is 4.42 Å². The van der Waals surface area contributed by atoms with Crippen LogP contribution in [0.1, 0.15) is 11.7 Å². The third-order valence-corrected chi connectivity index (χ3v) is 3.00. The molecule has 0 radical (unpaired) electrons. The lowest BCUT2D eigenvalue weighted by molar-refractivity contribution is -0.419. The summed E-state index contributed by atoms with van der Waals surface area (Å²) in [5.74, 6) is 1.22. The van der Waals surface area contributed by atoms with Gasteiger partial charge in [-0.25, -0.2) is 0 Å². The van der Waals surface area contributed by atoms with Crippen molar-refractivity contribution in [1.29, 1.82) is 0 Å². The van der Waals surface area contributed by atoms with Crippen LogP contribution < -0.4 is 0 Å². The van der Waals surface area contributed by atoms with Gasteiger partial charge in [0.15, 0.2) is 0 Å². The second kappa shape index (κ2) is 5.65. The van der Waals surface area contributed by atoms with Crippen molar-refractivity contribution in [3.63, 3.8) is 0 Å². The number of benzene rings is 1. The predicted octanol–water partition coefficient (Wildman–Crippen LogP) is 2.17. The molecule has 1 aliphatic carbocycles. The molecule has 0 spiro atoms. The summed E-state index contributed by atoms with van der Waals surface area (Å²) in [7, 11) is 3.19. The van der Waals surface area contributed by atoms with Crippen molar-refractivity contribution >= 4 is 5.78 Å². The van der Waals surface area contributed by atoms with E-state index in [9.17, 15) is 5.11 Å². The maximum atomic E-state index is 10.3. The third-order valence-electron chi connectivity index (χ3n) is 3.00. The number of allylic oxidation sites excluding steroid dienone is 1. The molecule has 1 unspecified atom stereocenters. The molecule has 2 atom stereocenters. The van der Waals surface area contributed by atoms with Crippen LogP contribution in [0.4, 0.5) is 0 Å². The minimum Gasteiger partial charge on any atom is -0.489 e. The van der Waals surface area contributed by atoms with Gasteiger partial charge in [-0.2, -0.15) is 0 Å². The molecule has 3 nitrogen and oxygen atoms in total. The van der Waals surface area contributed by atoms with E-state index in [1.54, 1.807) is 14.2 Å². The molecule has 0 saturated heterocycles. The maximum absolute atomic E-state index is 10.3. The predicted molar refractivity (Wildman–Crippen MR) is 70.1 cm³/mol. The molecule has 1 aromatic carbocycles. The van der Waals surface area contributed by atoms with E-state index in [-0.39, 0.29) is 5.92 Å². The first kappa shape index (κ1) is 12.6. The van der Waals surface area contributed by atoms with Crippen LogP contribution in [0.3, 0.4) is 0 Å². The summed E-state index contributed by atoms with van der Waals surface area (Å²) >= 11 is 0. The summed E-state index contributed by atoms with van der Waals surface area (Å²) in [4.78, 5) is 0. The Bertz CT molecular complexity index is 486. The largest absolute Gasteiger partial charge is 0.489 e. The Morgan fingerprint density at radius 1 is 1.28 bits per heavy atom. The van der Waals surface area contributed by atoms with E-state index in [1.807, 2.05) is 48.6 Å². The molecular formula is C15H17O3+. The summed E-state index contributed by atoms with van der Waals surface area (Å²) in [6.07, 6.45) is 5.04. The first-order valence-corrected chi connectivity index (χ1v) is 5.84. The molecule has 0 aromatic heterocycles. The molecule has 0 heterocycles.